The minimum Gasteiger partial charge on any atom is -0.368 e. The summed E-state index contributed by atoms with van der Waals surface area (Å²) in [7, 11) is 2.05. The molecule has 0 N–H and O–H groups in total. The molecule has 0 saturated carbocycles. The van der Waals surface area contributed by atoms with Crippen molar-refractivity contribution in [2.75, 3.05) is 11.9 Å². The molecule has 0 aromatic heterocycles. The number of halogens is 1. The molecular formula is C18H20ClNO. The van der Waals surface area contributed by atoms with Gasteiger partial charge in [-0.05, 0) is 48.9 Å². The summed E-state index contributed by atoms with van der Waals surface area (Å²) in [5, 5.41) is 0.746. The van der Waals surface area contributed by atoms with E-state index < -0.39 is 0 Å². The van der Waals surface area contributed by atoms with E-state index in [1.54, 1.807) is 0 Å². The van der Waals surface area contributed by atoms with Gasteiger partial charge in [-0.2, -0.15) is 0 Å². The van der Waals surface area contributed by atoms with Crippen LogP contribution in [0.4, 0.5) is 5.69 Å². The van der Waals surface area contributed by atoms with Gasteiger partial charge in [-0.25, -0.2) is 0 Å². The van der Waals surface area contributed by atoms with Crippen molar-refractivity contribution in [2.45, 2.75) is 26.3 Å². The summed E-state index contributed by atoms with van der Waals surface area (Å²) in [6.45, 7) is 4.03. The molecule has 2 nitrogen and oxygen atoms in total. The normalized spacial score (nSPS) is 12.0. The van der Waals surface area contributed by atoms with Crippen molar-refractivity contribution in [3.05, 3.63) is 64.7 Å². The first-order chi connectivity index (χ1) is 10.0. The summed E-state index contributed by atoms with van der Waals surface area (Å²) in [5.74, 6) is 0.176. The number of Topliss-reactive ketones (excluding diaryl/α,β-unsaturated/α-hetero) is 1. The Kier molecular flexibility index (Phi) is 5.03. The fourth-order valence-corrected chi connectivity index (χ4v) is 2.40. The lowest BCUT2D eigenvalue weighted by Crippen LogP contribution is -2.21. The highest BCUT2D eigenvalue weighted by Gasteiger charge is 2.13. The van der Waals surface area contributed by atoms with Crippen molar-refractivity contribution in [2.24, 2.45) is 0 Å². The number of carbonyl (C=O) groups is 1. The number of hydrogen-bond acceptors (Lipinski definition) is 2. The second-order valence-corrected chi connectivity index (χ2v) is 5.60. The van der Waals surface area contributed by atoms with Crippen LogP contribution < -0.4 is 4.90 Å². The van der Waals surface area contributed by atoms with Crippen LogP contribution in [0.3, 0.4) is 0 Å². The molecule has 110 valence electrons. The van der Waals surface area contributed by atoms with Crippen LogP contribution >= 0.6 is 11.6 Å². The maximum Gasteiger partial charge on any atom is 0.162 e. The third kappa shape index (κ3) is 3.64. The smallest absolute Gasteiger partial charge is 0.162 e. The standard InChI is InChI=1S/C18H20ClNO/c1-4-18(21)15-7-11-17(12-8-15)20(3)13(2)14-5-9-16(19)10-6-14/h5-13H,4H2,1-3H3. The summed E-state index contributed by atoms with van der Waals surface area (Å²) in [4.78, 5) is 13.8. The van der Waals surface area contributed by atoms with Crippen LogP contribution in [-0.4, -0.2) is 12.8 Å². The van der Waals surface area contributed by atoms with E-state index in [2.05, 4.69) is 18.9 Å². The Morgan fingerprint density at radius 2 is 1.67 bits per heavy atom. The molecule has 3 heteroatoms. The van der Waals surface area contributed by atoms with Crippen molar-refractivity contribution in [3.8, 4) is 0 Å². The second kappa shape index (κ2) is 6.77. The zero-order valence-corrected chi connectivity index (χ0v) is 13.4. The van der Waals surface area contributed by atoms with Gasteiger partial charge < -0.3 is 4.90 Å². The molecule has 0 spiro atoms. The number of hydrogen-bond donors (Lipinski definition) is 0. The monoisotopic (exact) mass is 301 g/mol. The van der Waals surface area contributed by atoms with E-state index in [0.29, 0.717) is 6.42 Å². The quantitative estimate of drug-likeness (QED) is 0.714. The van der Waals surface area contributed by atoms with Gasteiger partial charge in [-0.15, -0.1) is 0 Å². The molecule has 0 bridgehead atoms. The first kappa shape index (κ1) is 15.6. The van der Waals surface area contributed by atoms with Crippen LogP contribution in [0.15, 0.2) is 48.5 Å². The Balaban J connectivity index is 2.17. The van der Waals surface area contributed by atoms with Gasteiger partial charge in [0.25, 0.3) is 0 Å². The molecule has 1 unspecified atom stereocenters. The summed E-state index contributed by atoms with van der Waals surface area (Å²) in [6.07, 6.45) is 0.538. The lowest BCUT2D eigenvalue weighted by Gasteiger charge is -2.27. The van der Waals surface area contributed by atoms with E-state index in [1.165, 1.54) is 5.56 Å². The van der Waals surface area contributed by atoms with Crippen LogP contribution in [0.2, 0.25) is 5.02 Å². The molecule has 2 aromatic rings. The van der Waals surface area contributed by atoms with E-state index in [4.69, 9.17) is 11.6 Å². The Hall–Kier alpha value is -1.80. The molecule has 1 atom stereocenters. The molecule has 2 aromatic carbocycles. The third-order valence-electron chi connectivity index (χ3n) is 3.85. The summed E-state index contributed by atoms with van der Waals surface area (Å²) >= 11 is 5.93. The molecule has 0 heterocycles. The highest BCUT2D eigenvalue weighted by Crippen LogP contribution is 2.26. The SMILES string of the molecule is CCC(=O)c1ccc(N(C)C(C)c2ccc(Cl)cc2)cc1. The van der Waals surface area contributed by atoms with Crippen molar-refractivity contribution >= 4 is 23.1 Å². The highest BCUT2D eigenvalue weighted by atomic mass is 35.5. The maximum absolute atomic E-state index is 11.7. The first-order valence-corrected chi connectivity index (χ1v) is 7.52. The topological polar surface area (TPSA) is 20.3 Å². The molecule has 21 heavy (non-hydrogen) atoms. The summed E-state index contributed by atoms with van der Waals surface area (Å²) < 4.78 is 0. The third-order valence-corrected chi connectivity index (χ3v) is 4.10. The van der Waals surface area contributed by atoms with Crippen molar-refractivity contribution in [1.29, 1.82) is 0 Å². The predicted octanol–water partition coefficient (Wildman–Crippen LogP) is 5.13. The molecular weight excluding hydrogens is 282 g/mol. The van der Waals surface area contributed by atoms with Gasteiger partial charge in [0.2, 0.25) is 0 Å². The number of rotatable bonds is 5. The zero-order valence-electron chi connectivity index (χ0n) is 12.6. The molecule has 0 radical (unpaired) electrons. The van der Waals surface area contributed by atoms with Crippen LogP contribution in [0.25, 0.3) is 0 Å². The Labute approximate surface area is 131 Å². The van der Waals surface area contributed by atoms with E-state index in [-0.39, 0.29) is 11.8 Å². The lowest BCUT2D eigenvalue weighted by molar-refractivity contribution is 0.0988. The average Bonchev–Trinajstić information content (AvgIpc) is 2.53. The van der Waals surface area contributed by atoms with Gasteiger partial charge in [0.15, 0.2) is 5.78 Å². The van der Waals surface area contributed by atoms with Gasteiger partial charge >= 0.3 is 0 Å². The van der Waals surface area contributed by atoms with Gasteiger partial charge in [0.1, 0.15) is 0 Å². The Morgan fingerprint density at radius 1 is 1.10 bits per heavy atom. The van der Waals surface area contributed by atoms with Crippen molar-refractivity contribution in [3.63, 3.8) is 0 Å². The molecule has 0 aliphatic rings. The van der Waals surface area contributed by atoms with E-state index >= 15 is 0 Å². The van der Waals surface area contributed by atoms with Crippen LogP contribution in [-0.2, 0) is 0 Å². The van der Waals surface area contributed by atoms with Crippen LogP contribution in [0, 0.1) is 0 Å². The number of benzene rings is 2. The molecule has 0 aliphatic heterocycles. The molecule has 0 fully saturated rings. The van der Waals surface area contributed by atoms with Gasteiger partial charge in [0, 0.05) is 29.7 Å². The predicted molar refractivity (Wildman–Crippen MR) is 89.3 cm³/mol. The fraction of sp³-hybridized carbons (Fsp3) is 0.278. The van der Waals surface area contributed by atoms with Gasteiger partial charge in [-0.3, -0.25) is 4.79 Å². The van der Waals surface area contributed by atoms with E-state index in [9.17, 15) is 4.79 Å². The number of ketones is 1. The molecule has 0 saturated heterocycles. The second-order valence-electron chi connectivity index (χ2n) is 5.16. The van der Waals surface area contributed by atoms with E-state index in [1.807, 2.05) is 55.5 Å². The highest BCUT2D eigenvalue weighted by molar-refractivity contribution is 6.30. The Bertz CT molecular complexity index is 604. The minimum absolute atomic E-state index is 0.176. The first-order valence-electron chi connectivity index (χ1n) is 7.14. The maximum atomic E-state index is 11.7. The van der Waals surface area contributed by atoms with Crippen LogP contribution in [0.5, 0.6) is 0 Å². The van der Waals surface area contributed by atoms with Crippen LogP contribution in [0.1, 0.15) is 42.2 Å². The summed E-state index contributed by atoms with van der Waals surface area (Å²) in [5.41, 5.74) is 3.06. The minimum atomic E-state index is 0.176. The zero-order chi connectivity index (χ0) is 15.4. The number of carbonyl (C=O) groups excluding carboxylic acids is 1. The number of nitrogens with zero attached hydrogens (tertiary/aromatic N) is 1. The summed E-state index contributed by atoms with van der Waals surface area (Å²) in [6, 6.07) is 15.9. The van der Waals surface area contributed by atoms with Crippen molar-refractivity contribution in [1.82, 2.24) is 0 Å². The lowest BCUT2D eigenvalue weighted by atomic mass is 10.1. The molecule has 0 aliphatic carbocycles. The number of anilines is 1. The Morgan fingerprint density at radius 3 is 2.19 bits per heavy atom. The molecule has 2 rings (SSSR count). The molecule has 0 amide bonds. The average molecular weight is 302 g/mol. The fourth-order valence-electron chi connectivity index (χ4n) is 2.28. The van der Waals surface area contributed by atoms with Gasteiger partial charge in [-0.1, -0.05) is 30.7 Å². The van der Waals surface area contributed by atoms with Gasteiger partial charge in [0.05, 0.1) is 6.04 Å². The van der Waals surface area contributed by atoms with E-state index in [0.717, 1.165) is 16.3 Å². The van der Waals surface area contributed by atoms with Crippen molar-refractivity contribution < 1.29 is 4.79 Å². The largest absolute Gasteiger partial charge is 0.368 e.